The first-order valence-electron chi connectivity index (χ1n) is 11.2. The Morgan fingerprint density at radius 1 is 1.00 bits per heavy atom. The van der Waals surface area contributed by atoms with Gasteiger partial charge in [0.25, 0.3) is 0 Å². The largest absolute Gasteiger partial charge is 0.324 e. The lowest BCUT2D eigenvalue weighted by molar-refractivity contribution is -0.124. The normalized spacial score (nSPS) is 19.5. The average Bonchev–Trinajstić information content (AvgIpc) is 3.28. The maximum Gasteiger partial charge on any atom is 0.324 e. The smallest absolute Gasteiger partial charge is 0.324 e. The number of carbonyl (C=O) groups is 2. The van der Waals surface area contributed by atoms with Crippen LogP contribution in [-0.4, -0.2) is 41.5 Å². The molecule has 2 aromatic rings. The fraction of sp³-hybridized carbons (Fsp3) is 0.458. The van der Waals surface area contributed by atoms with Crippen LogP contribution in [0.2, 0.25) is 0 Å². The van der Waals surface area contributed by atoms with Crippen LogP contribution in [0.4, 0.5) is 20.7 Å². The average molecular weight is 423 g/mol. The summed E-state index contributed by atoms with van der Waals surface area (Å²) in [4.78, 5) is 34.0. The molecule has 162 valence electrons. The Morgan fingerprint density at radius 2 is 1.81 bits per heavy atom. The van der Waals surface area contributed by atoms with Gasteiger partial charge in [-0.1, -0.05) is 18.6 Å². The van der Waals surface area contributed by atoms with E-state index in [4.69, 9.17) is 0 Å². The van der Waals surface area contributed by atoms with Gasteiger partial charge in [0.1, 0.15) is 11.6 Å². The highest BCUT2D eigenvalue weighted by Crippen LogP contribution is 2.46. The van der Waals surface area contributed by atoms with Gasteiger partial charge in [-0.05, 0) is 67.9 Å². The number of nitrogens with one attached hydrogen (secondary N) is 1. The van der Waals surface area contributed by atoms with Crippen molar-refractivity contribution in [3.8, 4) is 0 Å². The van der Waals surface area contributed by atoms with E-state index in [1.54, 1.807) is 0 Å². The second kappa shape index (κ2) is 7.94. The van der Waals surface area contributed by atoms with Crippen LogP contribution in [0.5, 0.6) is 0 Å². The number of rotatable bonds is 3. The molecule has 1 saturated heterocycles. The molecule has 1 N–H and O–H groups in total. The minimum absolute atomic E-state index is 0.0985. The number of urea groups is 1. The maximum absolute atomic E-state index is 13.2. The number of benzene rings is 1. The van der Waals surface area contributed by atoms with Crippen LogP contribution < -0.4 is 10.2 Å². The molecular weight excluding hydrogens is 395 g/mol. The zero-order valence-corrected chi connectivity index (χ0v) is 17.6. The Kier molecular flexibility index (Phi) is 5.12. The third-order valence-corrected chi connectivity index (χ3v) is 6.97. The maximum atomic E-state index is 13.2. The summed E-state index contributed by atoms with van der Waals surface area (Å²) in [7, 11) is 0. The summed E-state index contributed by atoms with van der Waals surface area (Å²) in [6, 6.07) is 9.02. The summed E-state index contributed by atoms with van der Waals surface area (Å²) in [6.45, 7) is 2.41. The number of halogens is 1. The van der Waals surface area contributed by atoms with Crippen molar-refractivity contribution in [3.63, 3.8) is 0 Å². The Hall–Kier alpha value is -2.96. The molecular formula is C24H27FN4O2. The Morgan fingerprint density at radius 3 is 2.48 bits per heavy atom. The summed E-state index contributed by atoms with van der Waals surface area (Å²) in [5.74, 6) is -0.171. The Bertz CT molecular complexity index is 997. The first-order chi connectivity index (χ1) is 15.1. The fourth-order valence-corrected chi connectivity index (χ4v) is 5.04. The highest BCUT2D eigenvalue weighted by Gasteiger charge is 2.46. The molecule has 31 heavy (non-hydrogen) atoms. The van der Waals surface area contributed by atoms with Crippen LogP contribution in [0.25, 0.3) is 0 Å². The van der Waals surface area contributed by atoms with Crippen LogP contribution in [0.1, 0.15) is 49.7 Å². The predicted molar refractivity (Wildman–Crippen MR) is 117 cm³/mol. The van der Waals surface area contributed by atoms with Gasteiger partial charge in [-0.15, -0.1) is 0 Å². The first-order valence-corrected chi connectivity index (χ1v) is 11.2. The SMILES string of the molecule is O=C(N1CCCC1)N1CCCc2cc(C3(C(=O)Nc4ccc(F)cn4)CCC3)ccc21. The van der Waals surface area contributed by atoms with Crippen molar-refractivity contribution in [1.82, 2.24) is 9.88 Å². The minimum Gasteiger partial charge on any atom is -0.324 e. The number of likely N-dealkylation sites (tertiary alicyclic amines) is 1. The third-order valence-electron chi connectivity index (χ3n) is 6.97. The summed E-state index contributed by atoms with van der Waals surface area (Å²) < 4.78 is 13.1. The summed E-state index contributed by atoms with van der Waals surface area (Å²) in [6.07, 6.45) is 7.62. The van der Waals surface area contributed by atoms with Gasteiger partial charge in [-0.2, -0.15) is 0 Å². The number of aryl methyl sites for hydroxylation is 1. The molecule has 6 nitrogen and oxygen atoms in total. The number of amides is 3. The topological polar surface area (TPSA) is 65.5 Å². The lowest BCUT2D eigenvalue weighted by Gasteiger charge is -2.41. The highest BCUT2D eigenvalue weighted by molar-refractivity contribution is 6.00. The number of carbonyl (C=O) groups excluding carboxylic acids is 2. The van der Waals surface area contributed by atoms with Gasteiger partial charge in [0.15, 0.2) is 0 Å². The zero-order chi connectivity index (χ0) is 21.4. The quantitative estimate of drug-likeness (QED) is 0.804. The lowest BCUT2D eigenvalue weighted by Crippen LogP contribution is -2.47. The molecule has 1 saturated carbocycles. The van der Waals surface area contributed by atoms with Gasteiger partial charge in [0.2, 0.25) is 5.91 Å². The van der Waals surface area contributed by atoms with Crippen LogP contribution >= 0.6 is 0 Å². The third kappa shape index (κ3) is 3.56. The van der Waals surface area contributed by atoms with Crippen molar-refractivity contribution in [3.05, 3.63) is 53.5 Å². The number of hydrogen-bond donors (Lipinski definition) is 1. The fourth-order valence-electron chi connectivity index (χ4n) is 5.04. The number of hydrogen-bond acceptors (Lipinski definition) is 3. The highest BCUT2D eigenvalue weighted by atomic mass is 19.1. The van der Waals surface area contributed by atoms with Gasteiger partial charge in [0.05, 0.1) is 11.6 Å². The molecule has 0 bridgehead atoms. The van der Waals surface area contributed by atoms with Gasteiger partial charge >= 0.3 is 6.03 Å². The van der Waals surface area contributed by atoms with Crippen LogP contribution in [0.15, 0.2) is 36.5 Å². The Balaban J connectivity index is 1.40. The molecule has 1 aromatic carbocycles. The standard InChI is InChI=1S/C24H27FN4O2/c25-19-7-9-21(26-16-19)27-22(30)24(10-4-11-24)18-6-8-20-17(15-18)5-3-14-29(20)23(31)28-12-1-2-13-28/h6-9,15-16H,1-5,10-14H2,(H,26,27,30). The van der Waals surface area contributed by atoms with Crippen LogP contribution in [0, 0.1) is 5.82 Å². The molecule has 3 heterocycles. The molecule has 7 heteroatoms. The molecule has 3 aliphatic rings. The molecule has 3 amide bonds. The molecule has 5 rings (SSSR count). The first kappa shape index (κ1) is 20.0. The van der Waals surface area contributed by atoms with E-state index >= 15 is 0 Å². The van der Waals surface area contributed by atoms with Crippen LogP contribution in [0.3, 0.4) is 0 Å². The second-order valence-electron chi connectivity index (χ2n) is 8.83. The molecule has 2 fully saturated rings. The van der Waals surface area contributed by atoms with E-state index in [9.17, 15) is 14.0 Å². The number of aromatic nitrogens is 1. The number of fused-ring (bicyclic) bond motifs is 1. The van der Waals surface area contributed by atoms with E-state index < -0.39 is 11.2 Å². The van der Waals surface area contributed by atoms with Crippen molar-refractivity contribution in [2.75, 3.05) is 29.9 Å². The minimum atomic E-state index is -0.591. The number of pyridine rings is 1. The monoisotopic (exact) mass is 422 g/mol. The van der Waals surface area contributed by atoms with Crippen molar-refractivity contribution < 1.29 is 14.0 Å². The lowest BCUT2D eigenvalue weighted by atomic mass is 9.63. The van der Waals surface area contributed by atoms with Gasteiger partial charge in [0, 0.05) is 25.3 Å². The molecule has 0 spiro atoms. The molecule has 1 aliphatic carbocycles. The van der Waals surface area contributed by atoms with Gasteiger partial charge < -0.3 is 10.2 Å². The summed E-state index contributed by atoms with van der Waals surface area (Å²) in [5.41, 5.74) is 2.51. The number of nitrogens with zero attached hydrogens (tertiary/aromatic N) is 3. The van der Waals surface area contributed by atoms with E-state index in [0.717, 1.165) is 87.6 Å². The molecule has 0 radical (unpaired) electrons. The summed E-state index contributed by atoms with van der Waals surface area (Å²) >= 11 is 0. The van der Waals surface area contributed by atoms with Gasteiger partial charge in [-0.25, -0.2) is 14.2 Å². The van der Waals surface area contributed by atoms with E-state index in [-0.39, 0.29) is 11.9 Å². The number of anilines is 2. The van der Waals surface area contributed by atoms with E-state index in [2.05, 4.69) is 16.4 Å². The molecule has 0 atom stereocenters. The van der Waals surface area contributed by atoms with E-state index in [1.807, 2.05) is 21.9 Å². The second-order valence-corrected chi connectivity index (χ2v) is 8.83. The molecule has 1 aromatic heterocycles. The predicted octanol–water partition coefficient (Wildman–Crippen LogP) is 4.25. The van der Waals surface area contributed by atoms with Crippen molar-refractivity contribution in [1.29, 1.82) is 0 Å². The van der Waals surface area contributed by atoms with Crippen molar-refractivity contribution >= 4 is 23.4 Å². The van der Waals surface area contributed by atoms with Crippen LogP contribution in [-0.2, 0) is 16.6 Å². The van der Waals surface area contributed by atoms with Crippen molar-refractivity contribution in [2.24, 2.45) is 0 Å². The van der Waals surface area contributed by atoms with E-state index in [1.165, 1.54) is 12.1 Å². The molecule has 0 unspecified atom stereocenters. The zero-order valence-electron chi connectivity index (χ0n) is 17.6. The van der Waals surface area contributed by atoms with Gasteiger partial charge in [-0.3, -0.25) is 9.69 Å². The Labute approximate surface area is 181 Å². The van der Waals surface area contributed by atoms with E-state index in [0.29, 0.717) is 5.82 Å². The molecule has 2 aliphatic heterocycles. The van der Waals surface area contributed by atoms with Crippen molar-refractivity contribution in [2.45, 2.75) is 50.4 Å². The summed E-state index contributed by atoms with van der Waals surface area (Å²) in [5, 5.41) is 2.87.